The molecule has 0 saturated heterocycles. The lowest BCUT2D eigenvalue weighted by atomic mass is 10.1. The number of methoxy groups -OCH3 is 1. The number of rotatable bonds is 4. The molecule has 2 rings (SSSR count). The van der Waals surface area contributed by atoms with Crippen molar-refractivity contribution in [2.45, 2.75) is 20.4 Å². The molecule has 0 atom stereocenters. The highest BCUT2D eigenvalue weighted by Crippen LogP contribution is 2.26. The zero-order chi connectivity index (χ0) is 13.8. The average Bonchev–Trinajstić information content (AvgIpc) is 2.40. The van der Waals surface area contributed by atoms with E-state index in [1.807, 2.05) is 6.07 Å². The van der Waals surface area contributed by atoms with Gasteiger partial charge in [0.25, 0.3) is 0 Å². The second kappa shape index (κ2) is 6.11. The maximum Gasteiger partial charge on any atom is 0.133 e. The fourth-order valence-corrected chi connectivity index (χ4v) is 2.53. The first-order valence-electron chi connectivity index (χ1n) is 6.23. The molecule has 0 fully saturated rings. The van der Waals surface area contributed by atoms with Gasteiger partial charge in [0.2, 0.25) is 0 Å². The Morgan fingerprint density at radius 3 is 2.58 bits per heavy atom. The van der Waals surface area contributed by atoms with E-state index in [1.165, 1.54) is 22.4 Å². The normalized spacial score (nSPS) is 10.3. The van der Waals surface area contributed by atoms with Crippen molar-refractivity contribution >= 4 is 21.6 Å². The predicted molar refractivity (Wildman–Crippen MR) is 83.9 cm³/mol. The molecule has 0 aliphatic heterocycles. The highest BCUT2D eigenvalue weighted by Gasteiger charge is 2.02. The molecule has 0 amide bonds. The highest BCUT2D eigenvalue weighted by molar-refractivity contribution is 9.10. The van der Waals surface area contributed by atoms with Crippen molar-refractivity contribution in [3.05, 3.63) is 57.6 Å². The maximum atomic E-state index is 5.23. The van der Waals surface area contributed by atoms with Gasteiger partial charge in [0, 0.05) is 12.2 Å². The van der Waals surface area contributed by atoms with E-state index in [4.69, 9.17) is 4.74 Å². The molecule has 100 valence electrons. The summed E-state index contributed by atoms with van der Waals surface area (Å²) < 4.78 is 6.21. The molecule has 19 heavy (non-hydrogen) atoms. The maximum absolute atomic E-state index is 5.23. The van der Waals surface area contributed by atoms with Crippen molar-refractivity contribution in [2.75, 3.05) is 12.4 Å². The minimum atomic E-state index is 0.798. The van der Waals surface area contributed by atoms with E-state index in [9.17, 15) is 0 Å². The highest BCUT2D eigenvalue weighted by atomic mass is 79.9. The summed E-state index contributed by atoms with van der Waals surface area (Å²) in [6.07, 6.45) is 0. The Bertz CT molecular complexity index is 581. The van der Waals surface area contributed by atoms with Crippen LogP contribution in [0.2, 0.25) is 0 Å². The third kappa shape index (κ3) is 3.51. The molecule has 0 unspecified atom stereocenters. The predicted octanol–water partition coefficient (Wildman–Crippen LogP) is 4.69. The second-order valence-corrected chi connectivity index (χ2v) is 5.50. The van der Waals surface area contributed by atoms with Gasteiger partial charge in [0.05, 0.1) is 11.6 Å². The standard InChI is InChI=1S/C16H18BrNO/c1-11-4-5-12(2)15(8-11)18-10-13-6-7-16(19-3)14(17)9-13/h4-9,18H,10H2,1-3H3. The number of hydrogen-bond acceptors (Lipinski definition) is 2. The summed E-state index contributed by atoms with van der Waals surface area (Å²) in [6, 6.07) is 12.6. The Labute approximate surface area is 122 Å². The Morgan fingerprint density at radius 2 is 1.89 bits per heavy atom. The van der Waals surface area contributed by atoms with Crippen LogP contribution in [-0.4, -0.2) is 7.11 Å². The molecular formula is C16H18BrNO. The van der Waals surface area contributed by atoms with Crippen LogP contribution < -0.4 is 10.1 Å². The minimum absolute atomic E-state index is 0.798. The number of halogens is 1. The molecule has 0 aliphatic rings. The molecule has 3 heteroatoms. The molecule has 0 saturated carbocycles. The van der Waals surface area contributed by atoms with Crippen LogP contribution in [0.15, 0.2) is 40.9 Å². The summed E-state index contributed by atoms with van der Waals surface area (Å²) in [5, 5.41) is 3.47. The van der Waals surface area contributed by atoms with Gasteiger partial charge in [-0.25, -0.2) is 0 Å². The van der Waals surface area contributed by atoms with Crippen LogP contribution in [-0.2, 0) is 6.54 Å². The molecule has 1 N–H and O–H groups in total. The third-order valence-electron chi connectivity index (χ3n) is 3.09. The first kappa shape index (κ1) is 13.9. The summed E-state index contributed by atoms with van der Waals surface area (Å²) in [5.74, 6) is 0.857. The second-order valence-electron chi connectivity index (χ2n) is 4.64. The number of benzene rings is 2. The molecule has 0 radical (unpaired) electrons. The van der Waals surface area contributed by atoms with Crippen LogP contribution in [0.3, 0.4) is 0 Å². The molecule has 2 nitrogen and oxygen atoms in total. The van der Waals surface area contributed by atoms with E-state index in [0.29, 0.717) is 0 Å². The van der Waals surface area contributed by atoms with Crippen molar-refractivity contribution in [2.24, 2.45) is 0 Å². The smallest absolute Gasteiger partial charge is 0.133 e. The quantitative estimate of drug-likeness (QED) is 0.883. The third-order valence-corrected chi connectivity index (χ3v) is 3.71. The van der Waals surface area contributed by atoms with Crippen LogP contribution in [0.5, 0.6) is 5.75 Å². The van der Waals surface area contributed by atoms with Gasteiger partial charge in [-0.05, 0) is 64.7 Å². The van der Waals surface area contributed by atoms with E-state index in [-0.39, 0.29) is 0 Å². The van der Waals surface area contributed by atoms with Gasteiger partial charge in [0.15, 0.2) is 0 Å². The monoisotopic (exact) mass is 319 g/mol. The molecule has 0 bridgehead atoms. The Hall–Kier alpha value is -1.48. The van der Waals surface area contributed by atoms with Gasteiger partial charge >= 0.3 is 0 Å². The summed E-state index contributed by atoms with van der Waals surface area (Å²) in [5.41, 5.74) is 4.93. The molecule has 0 spiro atoms. The Balaban J connectivity index is 2.10. The van der Waals surface area contributed by atoms with Gasteiger partial charge in [-0.2, -0.15) is 0 Å². The molecular weight excluding hydrogens is 302 g/mol. The molecule has 2 aromatic rings. The summed E-state index contributed by atoms with van der Waals surface area (Å²) in [4.78, 5) is 0. The number of ether oxygens (including phenoxy) is 1. The van der Waals surface area contributed by atoms with E-state index in [1.54, 1.807) is 7.11 Å². The van der Waals surface area contributed by atoms with Crippen molar-refractivity contribution in [3.63, 3.8) is 0 Å². The van der Waals surface area contributed by atoms with Gasteiger partial charge in [0.1, 0.15) is 5.75 Å². The molecule has 0 aromatic heterocycles. The Kier molecular flexibility index (Phi) is 4.48. The lowest BCUT2D eigenvalue weighted by Crippen LogP contribution is -2.01. The number of anilines is 1. The van der Waals surface area contributed by atoms with Crippen molar-refractivity contribution in [1.82, 2.24) is 0 Å². The number of nitrogens with one attached hydrogen (secondary N) is 1. The minimum Gasteiger partial charge on any atom is -0.496 e. The van der Waals surface area contributed by atoms with Gasteiger partial charge < -0.3 is 10.1 Å². The van der Waals surface area contributed by atoms with Crippen molar-refractivity contribution < 1.29 is 4.74 Å². The van der Waals surface area contributed by atoms with Gasteiger partial charge in [-0.3, -0.25) is 0 Å². The molecule has 2 aromatic carbocycles. The first-order chi connectivity index (χ1) is 9.10. The van der Waals surface area contributed by atoms with E-state index in [0.717, 1.165) is 16.8 Å². The fourth-order valence-electron chi connectivity index (χ4n) is 1.94. The Morgan fingerprint density at radius 1 is 1.11 bits per heavy atom. The first-order valence-corrected chi connectivity index (χ1v) is 7.03. The number of hydrogen-bond donors (Lipinski definition) is 1. The summed E-state index contributed by atoms with van der Waals surface area (Å²) in [7, 11) is 1.67. The summed E-state index contributed by atoms with van der Waals surface area (Å²) >= 11 is 3.51. The lowest BCUT2D eigenvalue weighted by Gasteiger charge is -2.11. The van der Waals surface area contributed by atoms with Crippen LogP contribution >= 0.6 is 15.9 Å². The summed E-state index contributed by atoms with van der Waals surface area (Å²) in [6.45, 7) is 5.02. The molecule has 0 aliphatic carbocycles. The van der Waals surface area contributed by atoms with Gasteiger partial charge in [-0.1, -0.05) is 18.2 Å². The van der Waals surface area contributed by atoms with E-state index >= 15 is 0 Å². The average molecular weight is 320 g/mol. The van der Waals surface area contributed by atoms with E-state index < -0.39 is 0 Å². The topological polar surface area (TPSA) is 21.3 Å². The SMILES string of the molecule is COc1ccc(CNc2cc(C)ccc2C)cc1Br. The van der Waals surface area contributed by atoms with Crippen LogP contribution in [0, 0.1) is 13.8 Å². The van der Waals surface area contributed by atoms with Crippen LogP contribution in [0.4, 0.5) is 5.69 Å². The largest absolute Gasteiger partial charge is 0.496 e. The van der Waals surface area contributed by atoms with Gasteiger partial charge in [-0.15, -0.1) is 0 Å². The van der Waals surface area contributed by atoms with Crippen LogP contribution in [0.25, 0.3) is 0 Å². The van der Waals surface area contributed by atoms with Crippen molar-refractivity contribution in [1.29, 1.82) is 0 Å². The zero-order valence-electron chi connectivity index (χ0n) is 11.5. The lowest BCUT2D eigenvalue weighted by molar-refractivity contribution is 0.412. The van der Waals surface area contributed by atoms with E-state index in [2.05, 4.69) is 65.4 Å². The number of aryl methyl sites for hydroxylation is 2. The van der Waals surface area contributed by atoms with Crippen molar-refractivity contribution in [3.8, 4) is 5.75 Å². The van der Waals surface area contributed by atoms with Crippen LogP contribution in [0.1, 0.15) is 16.7 Å². The zero-order valence-corrected chi connectivity index (χ0v) is 13.0. The fraction of sp³-hybridized carbons (Fsp3) is 0.250. The molecule has 0 heterocycles.